The quantitative estimate of drug-likeness (QED) is 0.0207. The molecule has 7 N–H and O–H groups in total. The fraction of sp³-hybridized carbons (Fsp3) is 0.833. The van der Waals surface area contributed by atoms with Crippen LogP contribution in [0.1, 0.15) is 162 Å². The van der Waals surface area contributed by atoms with Gasteiger partial charge in [0.25, 0.3) is 0 Å². The molecule has 1 heterocycles. The van der Waals surface area contributed by atoms with E-state index in [1.165, 1.54) is 83.1 Å². The fourth-order valence-corrected chi connectivity index (χ4v) is 7.04. The number of carbonyl (C=O) groups excluding carboxylic acids is 1. The van der Waals surface area contributed by atoms with Crippen LogP contribution in [0.5, 0.6) is 0 Å². The Kier molecular flexibility index (Phi) is 31.0. The van der Waals surface area contributed by atoms with Crippen molar-refractivity contribution in [3.63, 3.8) is 0 Å². The Balaban J connectivity index is 2.62. The molecule has 1 fully saturated rings. The molecular weight excluding hydrogens is 743 g/mol. The van der Waals surface area contributed by atoms with Gasteiger partial charge < -0.3 is 40.3 Å². The minimum absolute atomic E-state index is 0.222. The summed E-state index contributed by atoms with van der Waals surface area (Å²) < 4.78 is 47.3. The minimum Gasteiger partial charge on any atom is -0.394 e. The third kappa shape index (κ3) is 25.6. The van der Waals surface area contributed by atoms with Crippen molar-refractivity contribution in [2.45, 2.75) is 210 Å². The molecule has 0 aliphatic carbocycles. The molecule has 1 amide bonds. The van der Waals surface area contributed by atoms with Gasteiger partial charge in [0.05, 0.1) is 25.4 Å². The first kappa shape index (κ1) is 52.3. The zero-order valence-corrected chi connectivity index (χ0v) is 35.1. The third-order valence-corrected chi connectivity index (χ3v) is 10.5. The van der Waals surface area contributed by atoms with Crippen LogP contribution in [0.2, 0.25) is 0 Å². The molecule has 0 aromatic rings. The Hall–Kier alpha value is -1.72. The molecule has 56 heavy (non-hydrogen) atoms. The van der Waals surface area contributed by atoms with E-state index >= 15 is 0 Å². The molecule has 1 aliphatic heterocycles. The number of nitrogens with one attached hydrogen (secondary N) is 1. The number of allylic oxidation sites excluding steroid dienone is 5. The molecule has 0 aromatic heterocycles. The van der Waals surface area contributed by atoms with Crippen LogP contribution in [0.3, 0.4) is 0 Å². The van der Waals surface area contributed by atoms with Gasteiger partial charge in [0.15, 0.2) is 6.29 Å². The summed E-state index contributed by atoms with van der Waals surface area (Å²) in [6.45, 7) is 3.13. The lowest BCUT2D eigenvalue weighted by Crippen LogP contribution is -2.61. The van der Waals surface area contributed by atoms with Crippen molar-refractivity contribution in [3.05, 3.63) is 36.5 Å². The van der Waals surface area contributed by atoms with E-state index in [9.17, 15) is 38.7 Å². The van der Waals surface area contributed by atoms with E-state index < -0.39 is 78.5 Å². The molecule has 0 bridgehead atoms. The van der Waals surface area contributed by atoms with E-state index in [1.54, 1.807) is 6.08 Å². The zero-order chi connectivity index (χ0) is 41.4. The minimum atomic E-state index is -5.12. The predicted molar refractivity (Wildman–Crippen MR) is 219 cm³/mol. The third-order valence-electron chi connectivity index (χ3n) is 10.0. The molecule has 0 saturated carbocycles. The number of unbranched alkanes of at least 4 members (excludes halogenated alkanes) is 18. The maximum Gasteiger partial charge on any atom is 0.397 e. The van der Waals surface area contributed by atoms with Gasteiger partial charge in [-0.1, -0.05) is 140 Å². The second kappa shape index (κ2) is 33.1. The van der Waals surface area contributed by atoms with Crippen LogP contribution in [-0.4, -0.2) is 107 Å². The van der Waals surface area contributed by atoms with Gasteiger partial charge in [0.2, 0.25) is 5.91 Å². The summed E-state index contributed by atoms with van der Waals surface area (Å²) >= 11 is 0. The molecule has 1 rings (SSSR count). The van der Waals surface area contributed by atoms with Gasteiger partial charge in [-0.15, -0.1) is 0 Å². The fourth-order valence-electron chi connectivity index (χ4n) is 6.53. The van der Waals surface area contributed by atoms with Crippen molar-refractivity contribution >= 4 is 16.3 Å². The van der Waals surface area contributed by atoms with E-state index in [4.69, 9.17) is 14.0 Å². The van der Waals surface area contributed by atoms with Crippen LogP contribution in [0.25, 0.3) is 0 Å². The van der Waals surface area contributed by atoms with Gasteiger partial charge in [0.1, 0.15) is 30.5 Å². The number of carbonyl (C=O) groups is 1. The summed E-state index contributed by atoms with van der Waals surface area (Å²) in [6.07, 6.45) is 25.4. The molecule has 328 valence electrons. The molecule has 8 unspecified atom stereocenters. The molecule has 13 nitrogen and oxygen atoms in total. The summed E-state index contributed by atoms with van der Waals surface area (Å²) in [6, 6.07) is -1.14. The number of aliphatic hydroxyl groups excluding tert-OH is 5. The lowest BCUT2D eigenvalue weighted by Gasteiger charge is -2.41. The van der Waals surface area contributed by atoms with Crippen molar-refractivity contribution in [2.75, 3.05) is 13.2 Å². The number of amides is 1. The maximum atomic E-state index is 13.0. The molecular formula is C42H77NO12S. The van der Waals surface area contributed by atoms with E-state index in [1.807, 2.05) is 0 Å². The summed E-state index contributed by atoms with van der Waals surface area (Å²) in [7, 11) is -5.12. The van der Waals surface area contributed by atoms with Gasteiger partial charge in [-0.25, -0.2) is 4.18 Å². The first-order valence-electron chi connectivity index (χ1n) is 21.5. The van der Waals surface area contributed by atoms with Gasteiger partial charge >= 0.3 is 10.4 Å². The molecule has 8 atom stereocenters. The molecule has 14 heteroatoms. The van der Waals surface area contributed by atoms with Crippen LogP contribution in [-0.2, 0) is 28.9 Å². The largest absolute Gasteiger partial charge is 0.397 e. The Morgan fingerprint density at radius 1 is 0.714 bits per heavy atom. The monoisotopic (exact) mass is 820 g/mol. The molecule has 0 aromatic carbocycles. The van der Waals surface area contributed by atoms with Crippen molar-refractivity contribution in [3.8, 4) is 0 Å². The molecule has 1 saturated heterocycles. The SMILES string of the molecule is CCCCCC/C=C/CC/C=C/C(O)C(COC1OC(CO)C(O)C(OS(=O)(=O)O)C1O)NC(=O)C(O)CCCCCC/C=C\CCCCCCCCCCC. The lowest BCUT2D eigenvalue weighted by atomic mass is 9.99. The smallest absolute Gasteiger partial charge is 0.394 e. The summed E-state index contributed by atoms with van der Waals surface area (Å²) in [5.41, 5.74) is 0. The van der Waals surface area contributed by atoms with Crippen LogP contribution in [0.4, 0.5) is 0 Å². The second-order valence-electron chi connectivity index (χ2n) is 15.1. The highest BCUT2D eigenvalue weighted by atomic mass is 32.3. The Labute approximate surface area is 337 Å². The standard InChI is InChI=1S/C42H77NO12S/c1-3-5-7-9-11-13-15-16-17-18-19-20-21-23-25-27-29-31-36(46)41(49)43-34(35(45)30-28-26-24-22-14-12-10-8-6-4-2)33-53-42-39(48)40(55-56(50,51)52)38(47)37(32-44)54-42/h14,19-20,22,28,30,34-40,42,44-48H,3-13,15-18,21,23-27,29,31-33H2,1-2H3,(H,43,49)(H,50,51,52)/b20-19-,22-14+,30-28+. The van der Waals surface area contributed by atoms with Gasteiger partial charge in [-0.05, 0) is 57.8 Å². The van der Waals surface area contributed by atoms with Crippen LogP contribution < -0.4 is 5.32 Å². The molecule has 0 radical (unpaired) electrons. The maximum absolute atomic E-state index is 13.0. The van der Waals surface area contributed by atoms with Crippen LogP contribution >= 0.6 is 0 Å². The van der Waals surface area contributed by atoms with Crippen LogP contribution in [0.15, 0.2) is 36.5 Å². The van der Waals surface area contributed by atoms with Crippen molar-refractivity contribution in [1.82, 2.24) is 5.32 Å². The molecule has 1 aliphatic rings. The summed E-state index contributed by atoms with van der Waals surface area (Å²) in [5.74, 6) is -0.724. The predicted octanol–water partition coefficient (Wildman–Crippen LogP) is 6.52. The average molecular weight is 820 g/mol. The highest BCUT2D eigenvalue weighted by Gasteiger charge is 2.48. The van der Waals surface area contributed by atoms with Gasteiger partial charge in [0, 0.05) is 0 Å². The molecule has 0 spiro atoms. The highest BCUT2D eigenvalue weighted by molar-refractivity contribution is 7.80. The Bertz CT molecular complexity index is 1170. The second-order valence-corrected chi connectivity index (χ2v) is 16.1. The van der Waals surface area contributed by atoms with E-state index in [2.05, 4.69) is 47.7 Å². The van der Waals surface area contributed by atoms with E-state index in [-0.39, 0.29) is 6.42 Å². The Morgan fingerprint density at radius 3 is 1.73 bits per heavy atom. The average Bonchev–Trinajstić information content (AvgIpc) is 3.16. The summed E-state index contributed by atoms with van der Waals surface area (Å²) in [4.78, 5) is 13.0. The Morgan fingerprint density at radius 2 is 1.20 bits per heavy atom. The first-order chi connectivity index (χ1) is 26.9. The first-order valence-corrected chi connectivity index (χ1v) is 22.8. The summed E-state index contributed by atoms with van der Waals surface area (Å²) in [5, 5.41) is 54.9. The number of rotatable bonds is 35. The highest BCUT2D eigenvalue weighted by Crippen LogP contribution is 2.26. The van der Waals surface area contributed by atoms with Crippen molar-refractivity contribution < 1.29 is 57.0 Å². The van der Waals surface area contributed by atoms with Gasteiger partial charge in [-0.2, -0.15) is 8.42 Å². The van der Waals surface area contributed by atoms with Crippen molar-refractivity contribution in [1.29, 1.82) is 0 Å². The number of hydrogen-bond donors (Lipinski definition) is 7. The topological polar surface area (TPSA) is 212 Å². The van der Waals surface area contributed by atoms with Crippen LogP contribution in [0, 0.1) is 0 Å². The number of ether oxygens (including phenoxy) is 2. The zero-order valence-electron chi connectivity index (χ0n) is 34.3. The van der Waals surface area contributed by atoms with Gasteiger partial charge in [-0.3, -0.25) is 9.35 Å². The number of hydrogen-bond acceptors (Lipinski definition) is 11. The van der Waals surface area contributed by atoms with E-state index in [0.717, 1.165) is 51.4 Å². The van der Waals surface area contributed by atoms with E-state index in [0.29, 0.717) is 12.8 Å². The number of aliphatic hydroxyl groups is 5. The van der Waals surface area contributed by atoms with Crippen molar-refractivity contribution in [2.24, 2.45) is 0 Å². The lowest BCUT2D eigenvalue weighted by molar-refractivity contribution is -0.298. The normalized spacial score (nSPS) is 22.3.